The van der Waals surface area contributed by atoms with E-state index >= 15 is 0 Å². The Hall–Kier alpha value is -3.74. The highest BCUT2D eigenvalue weighted by atomic mass is 32.1. The van der Waals surface area contributed by atoms with Gasteiger partial charge in [0.25, 0.3) is 0 Å². The van der Waals surface area contributed by atoms with E-state index in [-0.39, 0.29) is 0 Å². The van der Waals surface area contributed by atoms with Gasteiger partial charge >= 0.3 is 0 Å². The van der Waals surface area contributed by atoms with E-state index in [1.54, 1.807) is 0 Å². The molecule has 0 saturated carbocycles. The van der Waals surface area contributed by atoms with Crippen molar-refractivity contribution in [3.63, 3.8) is 0 Å². The smallest absolute Gasteiger partial charge is 0.175 e. The van der Waals surface area contributed by atoms with E-state index in [0.717, 1.165) is 45.0 Å². The topological polar surface area (TPSA) is 48.1 Å². The van der Waals surface area contributed by atoms with E-state index in [9.17, 15) is 0 Å². The molecule has 0 fully saturated rings. The van der Waals surface area contributed by atoms with Crippen LogP contribution in [0, 0.1) is 27.7 Å². The minimum absolute atomic E-state index is 0.566. The third kappa shape index (κ3) is 6.68. The number of thiocarbonyl (C=S) groups is 2. The van der Waals surface area contributed by atoms with Gasteiger partial charge in [0, 0.05) is 22.7 Å². The Morgan fingerprint density at radius 3 is 1.17 bits per heavy atom. The number of benzene rings is 4. The molecule has 0 amide bonds. The molecule has 0 spiro atoms. The summed E-state index contributed by atoms with van der Waals surface area (Å²) >= 11 is 11.0. The number of nitrogens with one attached hydrogen (secondary N) is 4. The molecule has 4 aromatic carbocycles. The first-order chi connectivity index (χ1) is 17.3. The van der Waals surface area contributed by atoms with Crippen LogP contribution in [-0.2, 0) is 0 Å². The van der Waals surface area contributed by atoms with E-state index in [0.29, 0.717) is 10.2 Å². The molecule has 0 radical (unpaired) electrons. The molecule has 182 valence electrons. The van der Waals surface area contributed by atoms with E-state index < -0.39 is 0 Å². The highest BCUT2D eigenvalue weighted by molar-refractivity contribution is 7.81. The Labute approximate surface area is 224 Å². The lowest BCUT2D eigenvalue weighted by atomic mass is 10.00. The van der Waals surface area contributed by atoms with Crippen molar-refractivity contribution >= 4 is 57.4 Å². The van der Waals surface area contributed by atoms with Crippen molar-refractivity contribution in [1.82, 2.24) is 0 Å². The molecule has 4 nitrogen and oxygen atoms in total. The van der Waals surface area contributed by atoms with Crippen LogP contribution < -0.4 is 21.3 Å². The minimum atomic E-state index is 0.566. The van der Waals surface area contributed by atoms with Crippen molar-refractivity contribution in [2.45, 2.75) is 27.7 Å². The second kappa shape index (κ2) is 11.3. The molecule has 0 saturated heterocycles. The monoisotopic (exact) mass is 510 g/mol. The molecule has 36 heavy (non-hydrogen) atoms. The van der Waals surface area contributed by atoms with E-state index in [1.807, 2.05) is 24.3 Å². The lowest BCUT2D eigenvalue weighted by Gasteiger charge is -2.15. The molecule has 4 N–H and O–H groups in total. The summed E-state index contributed by atoms with van der Waals surface area (Å²) in [6.07, 6.45) is 0. The molecule has 0 aliphatic carbocycles. The summed E-state index contributed by atoms with van der Waals surface area (Å²) in [5, 5.41) is 14.2. The van der Waals surface area contributed by atoms with Crippen LogP contribution in [0.5, 0.6) is 0 Å². The van der Waals surface area contributed by atoms with Crippen molar-refractivity contribution in [1.29, 1.82) is 0 Å². The summed E-state index contributed by atoms with van der Waals surface area (Å²) in [5.41, 5.74) is 10.8. The molecular formula is C30H30N4S2. The van der Waals surface area contributed by atoms with Gasteiger partial charge in [-0.3, -0.25) is 0 Å². The number of rotatable bonds is 5. The van der Waals surface area contributed by atoms with E-state index in [4.69, 9.17) is 24.4 Å². The molecule has 0 aromatic heterocycles. The average Bonchev–Trinajstić information content (AvgIpc) is 2.84. The summed E-state index contributed by atoms with van der Waals surface area (Å²) in [5.74, 6) is 0. The lowest BCUT2D eigenvalue weighted by Crippen LogP contribution is -2.19. The second-order valence-corrected chi connectivity index (χ2v) is 9.77. The highest BCUT2D eigenvalue weighted by Crippen LogP contribution is 2.28. The molecule has 0 heterocycles. The van der Waals surface area contributed by atoms with Crippen LogP contribution in [0.25, 0.3) is 11.1 Å². The van der Waals surface area contributed by atoms with Crippen molar-refractivity contribution in [2.24, 2.45) is 0 Å². The Balaban J connectivity index is 1.40. The molecule has 6 heteroatoms. The molecule has 0 atom stereocenters. The fourth-order valence-corrected chi connectivity index (χ4v) is 4.27. The van der Waals surface area contributed by atoms with Crippen LogP contribution in [-0.4, -0.2) is 10.2 Å². The first-order valence-corrected chi connectivity index (χ1v) is 12.6. The number of aryl methyl sites for hydroxylation is 4. The maximum Gasteiger partial charge on any atom is 0.175 e. The fourth-order valence-electron chi connectivity index (χ4n) is 3.81. The quantitative estimate of drug-likeness (QED) is 0.203. The van der Waals surface area contributed by atoms with Crippen LogP contribution >= 0.6 is 24.4 Å². The van der Waals surface area contributed by atoms with Crippen molar-refractivity contribution in [3.05, 3.63) is 107 Å². The van der Waals surface area contributed by atoms with Gasteiger partial charge in [0.1, 0.15) is 0 Å². The summed E-state index contributed by atoms with van der Waals surface area (Å²) < 4.78 is 0. The zero-order valence-corrected chi connectivity index (χ0v) is 22.5. The normalized spacial score (nSPS) is 10.4. The third-order valence-corrected chi connectivity index (χ3v) is 6.31. The first-order valence-electron chi connectivity index (χ1n) is 11.8. The molecule has 0 aliphatic rings. The van der Waals surface area contributed by atoms with Gasteiger partial charge in [0.2, 0.25) is 0 Å². The van der Waals surface area contributed by atoms with E-state index in [2.05, 4.69) is 110 Å². The largest absolute Gasteiger partial charge is 0.332 e. The Bertz CT molecular complexity index is 1280. The van der Waals surface area contributed by atoms with Gasteiger partial charge in [-0.2, -0.15) is 0 Å². The van der Waals surface area contributed by atoms with Gasteiger partial charge in [0.05, 0.1) is 0 Å². The molecule has 4 aromatic rings. The third-order valence-electron chi connectivity index (χ3n) is 5.90. The molecule has 4 rings (SSSR count). The van der Waals surface area contributed by atoms with Crippen molar-refractivity contribution in [2.75, 3.05) is 21.3 Å². The Kier molecular flexibility index (Phi) is 7.98. The van der Waals surface area contributed by atoms with Crippen LogP contribution in [0.15, 0.2) is 84.9 Å². The Morgan fingerprint density at radius 1 is 0.472 bits per heavy atom. The molecule has 0 unspecified atom stereocenters. The second-order valence-electron chi connectivity index (χ2n) is 8.95. The number of hydrogen-bond donors (Lipinski definition) is 4. The summed E-state index contributed by atoms with van der Waals surface area (Å²) in [7, 11) is 0. The predicted molar refractivity (Wildman–Crippen MR) is 163 cm³/mol. The highest BCUT2D eigenvalue weighted by Gasteiger charge is 2.08. The lowest BCUT2D eigenvalue weighted by molar-refractivity contribution is 1.42. The van der Waals surface area contributed by atoms with Crippen LogP contribution in [0.1, 0.15) is 22.3 Å². The SMILES string of the molecule is Cc1ccc(NC(=S)Nc2ccc(-c3ccc(NC(=S)Nc4ccc(C)cc4)c(C)c3)cc2C)cc1. The van der Waals surface area contributed by atoms with Gasteiger partial charge in [-0.05, 0) is 123 Å². The van der Waals surface area contributed by atoms with Crippen LogP contribution in [0.2, 0.25) is 0 Å². The Morgan fingerprint density at radius 2 is 0.833 bits per heavy atom. The number of hydrogen-bond acceptors (Lipinski definition) is 2. The average molecular weight is 511 g/mol. The first kappa shape index (κ1) is 25.4. The molecule has 0 bridgehead atoms. The maximum atomic E-state index is 5.50. The van der Waals surface area contributed by atoms with Gasteiger partial charge in [0.15, 0.2) is 10.2 Å². The van der Waals surface area contributed by atoms with Gasteiger partial charge in [-0.15, -0.1) is 0 Å². The number of anilines is 4. The van der Waals surface area contributed by atoms with Crippen molar-refractivity contribution in [3.8, 4) is 11.1 Å². The molecule has 0 aliphatic heterocycles. The fraction of sp³-hybridized carbons (Fsp3) is 0.133. The minimum Gasteiger partial charge on any atom is -0.332 e. The van der Waals surface area contributed by atoms with Gasteiger partial charge in [-0.25, -0.2) is 0 Å². The summed E-state index contributed by atoms with van der Waals surface area (Å²) in [6.45, 7) is 8.29. The standard InChI is InChI=1S/C30H30N4S2/c1-19-5-11-25(12-6-19)31-29(35)33-27-15-9-23(17-21(27)3)24-10-16-28(22(4)18-24)34-30(36)32-26-13-7-20(2)8-14-26/h5-18H,1-4H3,(H2,31,33,35)(H2,32,34,36). The maximum absolute atomic E-state index is 5.50. The zero-order valence-electron chi connectivity index (χ0n) is 20.9. The van der Waals surface area contributed by atoms with Crippen LogP contribution in [0.4, 0.5) is 22.7 Å². The summed E-state index contributed by atoms with van der Waals surface area (Å²) in [6, 6.07) is 29.0. The van der Waals surface area contributed by atoms with Crippen LogP contribution in [0.3, 0.4) is 0 Å². The van der Waals surface area contributed by atoms with E-state index in [1.165, 1.54) is 11.1 Å². The summed E-state index contributed by atoms with van der Waals surface area (Å²) in [4.78, 5) is 0. The predicted octanol–water partition coefficient (Wildman–Crippen LogP) is 8.21. The van der Waals surface area contributed by atoms with Gasteiger partial charge in [-0.1, -0.05) is 47.5 Å². The van der Waals surface area contributed by atoms with Crippen molar-refractivity contribution < 1.29 is 0 Å². The molecular weight excluding hydrogens is 480 g/mol. The zero-order chi connectivity index (χ0) is 25.7. The van der Waals surface area contributed by atoms with Gasteiger partial charge < -0.3 is 21.3 Å².